The number of piperidine rings is 1. The van der Waals surface area contributed by atoms with E-state index in [1.165, 1.54) is 25.7 Å². The number of hydrogen-bond acceptors (Lipinski definition) is 6. The number of likely N-dealkylation sites (tertiary alicyclic amines) is 1. The number of carbonyl (C=O) groups excluding carboxylic acids is 3. The fraction of sp³-hybridized carbons (Fsp3) is 0.586. The summed E-state index contributed by atoms with van der Waals surface area (Å²) < 4.78 is 65.5. The van der Waals surface area contributed by atoms with Crippen molar-refractivity contribution in [2.45, 2.75) is 72.3 Å². The highest BCUT2D eigenvalue weighted by Gasteiger charge is 2.70. The van der Waals surface area contributed by atoms with Crippen LogP contribution >= 0.6 is 0 Å². The molecule has 2 aliphatic rings. The number of pyridine rings is 1. The van der Waals surface area contributed by atoms with Crippen LogP contribution in [0.2, 0.25) is 0 Å². The van der Waals surface area contributed by atoms with E-state index in [9.17, 15) is 40.8 Å². The number of carbonyl (C=O) groups is 3. The van der Waals surface area contributed by atoms with Crippen molar-refractivity contribution >= 4 is 38.6 Å². The van der Waals surface area contributed by atoms with Crippen LogP contribution in [0.3, 0.4) is 0 Å². The summed E-state index contributed by atoms with van der Waals surface area (Å²) in [6.07, 6.45) is -5.27. The number of fused-ring (bicyclic) bond motifs is 2. The summed E-state index contributed by atoms with van der Waals surface area (Å²) in [6, 6.07) is 2.94. The summed E-state index contributed by atoms with van der Waals surface area (Å²) in [6.45, 7) is 10.2. The third kappa shape index (κ3) is 6.93. The van der Waals surface area contributed by atoms with Crippen LogP contribution in [-0.4, -0.2) is 72.6 Å². The first-order valence-electron chi connectivity index (χ1n) is 14.1. The van der Waals surface area contributed by atoms with Gasteiger partial charge in [-0.1, -0.05) is 46.2 Å². The quantitative estimate of drug-likeness (QED) is 0.325. The van der Waals surface area contributed by atoms with Gasteiger partial charge in [-0.2, -0.15) is 13.2 Å². The number of halogens is 3. The van der Waals surface area contributed by atoms with Gasteiger partial charge in [-0.05, 0) is 53.2 Å². The van der Waals surface area contributed by atoms with Crippen LogP contribution in [-0.2, 0) is 30.8 Å². The molecular weight excluding hydrogens is 603 g/mol. The molecular formula is C29H38F3N5O6S. The van der Waals surface area contributed by atoms with Gasteiger partial charge < -0.3 is 20.9 Å². The molecule has 3 amide bonds. The summed E-state index contributed by atoms with van der Waals surface area (Å²) in [7, 11) is -4.96. The first kappa shape index (κ1) is 33.4. The number of hydrogen-bond donors (Lipinski definition) is 4. The minimum Gasteiger partial charge on any atom is -0.368 e. The molecule has 2 heterocycles. The number of nitrogens with two attached hydrogens (primary N) is 1. The molecule has 1 aliphatic heterocycles. The summed E-state index contributed by atoms with van der Waals surface area (Å²) in [5.41, 5.74) is 5.34. The molecule has 0 spiro atoms. The zero-order chi connectivity index (χ0) is 33.2. The molecule has 2 fully saturated rings. The lowest BCUT2D eigenvalue weighted by atomic mass is 9.86. The molecule has 1 aromatic heterocycles. The van der Waals surface area contributed by atoms with Crippen LogP contribution in [0.25, 0.3) is 10.9 Å². The van der Waals surface area contributed by atoms with Crippen molar-refractivity contribution in [3.05, 3.63) is 45.7 Å². The summed E-state index contributed by atoms with van der Waals surface area (Å²) in [4.78, 5) is 56.8. The summed E-state index contributed by atoms with van der Waals surface area (Å²) in [5.74, 6) is -5.19. The second-order valence-electron chi connectivity index (χ2n) is 13.6. The van der Waals surface area contributed by atoms with Gasteiger partial charge >= 0.3 is 6.18 Å². The lowest BCUT2D eigenvalue weighted by Crippen LogP contribution is -2.61. The monoisotopic (exact) mass is 641 g/mol. The predicted molar refractivity (Wildman–Crippen MR) is 157 cm³/mol. The molecule has 2 aromatic rings. The topological polar surface area (TPSA) is 172 Å². The molecule has 44 heavy (non-hydrogen) atoms. The molecule has 1 saturated heterocycles. The number of aryl methyl sites for hydroxylation is 1. The van der Waals surface area contributed by atoms with Crippen LogP contribution in [0, 0.1) is 29.6 Å². The van der Waals surface area contributed by atoms with Crippen LogP contribution in [0.1, 0.15) is 45.7 Å². The molecule has 242 valence electrons. The van der Waals surface area contributed by atoms with Gasteiger partial charge in [0.15, 0.2) is 5.75 Å². The maximum absolute atomic E-state index is 13.8. The second kappa shape index (κ2) is 11.2. The van der Waals surface area contributed by atoms with Gasteiger partial charge in [-0.15, -0.1) is 0 Å². The van der Waals surface area contributed by atoms with E-state index in [0.29, 0.717) is 10.9 Å². The number of nitrogens with zero attached hydrogens (tertiary/aromatic N) is 1. The first-order chi connectivity index (χ1) is 20.0. The van der Waals surface area contributed by atoms with Crippen molar-refractivity contribution in [2.75, 3.05) is 12.3 Å². The molecule has 1 aromatic carbocycles. The van der Waals surface area contributed by atoms with Crippen molar-refractivity contribution < 1.29 is 36.0 Å². The van der Waals surface area contributed by atoms with E-state index < -0.39 is 68.8 Å². The van der Waals surface area contributed by atoms with Gasteiger partial charge in [0.2, 0.25) is 27.7 Å². The smallest absolute Gasteiger partial charge is 0.368 e. The minimum atomic E-state index is -5.03. The van der Waals surface area contributed by atoms with E-state index in [-0.39, 0.29) is 35.8 Å². The fourth-order valence-electron chi connectivity index (χ4n) is 6.24. The molecule has 11 nitrogen and oxygen atoms in total. The van der Waals surface area contributed by atoms with Gasteiger partial charge in [-0.3, -0.25) is 19.2 Å². The predicted octanol–water partition coefficient (Wildman–Crippen LogP) is 1.73. The van der Waals surface area contributed by atoms with E-state index in [0.717, 1.165) is 5.56 Å². The van der Waals surface area contributed by atoms with Crippen molar-refractivity contribution in [3.63, 3.8) is 0 Å². The molecule has 0 bridgehead atoms. The number of rotatable bonds is 9. The number of nitrogens with one attached hydrogen (secondary N) is 3. The summed E-state index contributed by atoms with van der Waals surface area (Å²) >= 11 is 0. The van der Waals surface area contributed by atoms with Crippen LogP contribution in [0.4, 0.5) is 13.2 Å². The maximum atomic E-state index is 13.8. The first-order valence-corrected chi connectivity index (χ1v) is 15.8. The van der Waals surface area contributed by atoms with E-state index >= 15 is 0 Å². The lowest BCUT2D eigenvalue weighted by molar-refractivity contribution is -0.144. The summed E-state index contributed by atoms with van der Waals surface area (Å²) in [5, 5.41) is 3.30. The average molecular weight is 642 g/mol. The third-order valence-corrected chi connectivity index (χ3v) is 9.99. The van der Waals surface area contributed by atoms with Gasteiger partial charge in [0.1, 0.15) is 18.1 Å². The Morgan fingerprint density at radius 2 is 1.80 bits per heavy atom. The van der Waals surface area contributed by atoms with Crippen molar-refractivity contribution in [2.24, 2.45) is 28.4 Å². The highest BCUT2D eigenvalue weighted by molar-refractivity contribution is 7.89. The number of H-pyrrole nitrogens is 1. The van der Waals surface area contributed by atoms with Crippen LogP contribution in [0.5, 0.6) is 0 Å². The Bertz CT molecular complexity index is 1660. The normalized spacial score (nSPS) is 22.8. The zero-order valence-electron chi connectivity index (χ0n) is 25.3. The molecule has 5 atom stereocenters. The zero-order valence-corrected chi connectivity index (χ0v) is 26.2. The molecule has 1 saturated carbocycles. The molecule has 15 heteroatoms. The van der Waals surface area contributed by atoms with Crippen molar-refractivity contribution in [1.82, 2.24) is 19.9 Å². The number of amides is 3. The maximum Gasteiger partial charge on any atom is 0.404 e. The Balaban J connectivity index is 1.61. The molecule has 5 N–H and O–H groups in total. The number of alkyl halides is 3. The molecule has 4 rings (SSSR count). The van der Waals surface area contributed by atoms with Gasteiger partial charge in [0.25, 0.3) is 5.56 Å². The van der Waals surface area contributed by atoms with Crippen LogP contribution in [0.15, 0.2) is 29.1 Å². The Morgan fingerprint density at radius 1 is 1.16 bits per heavy atom. The highest BCUT2D eigenvalue weighted by Crippen LogP contribution is 2.65. The largest absolute Gasteiger partial charge is 0.404 e. The number of aromatic nitrogens is 1. The number of aromatic amines is 1. The number of primary amides is 1. The van der Waals surface area contributed by atoms with E-state index in [2.05, 4.69) is 10.3 Å². The van der Waals surface area contributed by atoms with Crippen molar-refractivity contribution in [1.29, 1.82) is 0 Å². The van der Waals surface area contributed by atoms with E-state index in [4.69, 9.17) is 5.73 Å². The van der Waals surface area contributed by atoms with Gasteiger partial charge in [0.05, 0.1) is 0 Å². The average Bonchev–Trinajstić information content (AvgIpc) is 3.18. The standard InChI is InChI=1S/C29H38F3N5O6S/c1-14-7-8-18-15(9-14)10-16(24(39)34-18)11-19(23(33)38)35-25(40)21-20-17(28(20,5)6)12-37(21)26(41)22(27(2,3)4)36-44(42,43)13-29(30,31)32/h7-10,17,19-22,36H,11-13H2,1-6H3,(H2,33,38)(H,34,39)(H,35,40)/t17-,19-,20-,21-,22+/m0/s1. The number of benzene rings is 1. The Labute approximate surface area is 253 Å². The van der Waals surface area contributed by atoms with Gasteiger partial charge in [0, 0.05) is 24.0 Å². The van der Waals surface area contributed by atoms with Crippen molar-refractivity contribution in [3.8, 4) is 0 Å². The minimum absolute atomic E-state index is 0.0626. The Hall–Kier alpha value is -3.46. The molecule has 1 aliphatic carbocycles. The Morgan fingerprint density at radius 3 is 2.36 bits per heavy atom. The SMILES string of the molecule is Cc1ccc2[nH]c(=O)c(C[C@H](NC(=O)[C@@H]3[C@@H]4[C@H](CN3C(=O)[C@@H](NS(=O)(=O)CC(F)(F)F)C(C)(C)C)C4(C)C)C(N)=O)cc2c1. The highest BCUT2D eigenvalue weighted by atomic mass is 32.2. The van der Waals surface area contributed by atoms with E-state index in [1.54, 1.807) is 12.1 Å². The fourth-order valence-corrected chi connectivity index (χ4v) is 7.56. The molecule has 0 unspecified atom stereocenters. The lowest BCUT2D eigenvalue weighted by Gasteiger charge is -2.37. The Kier molecular flexibility index (Phi) is 8.48. The molecule has 0 radical (unpaired) electrons. The van der Waals surface area contributed by atoms with Gasteiger partial charge in [-0.25, -0.2) is 13.1 Å². The third-order valence-electron chi connectivity index (χ3n) is 8.68. The number of sulfonamides is 1. The van der Waals surface area contributed by atoms with E-state index in [1.807, 2.05) is 37.6 Å². The van der Waals surface area contributed by atoms with Crippen LogP contribution < -0.4 is 21.3 Å². The second-order valence-corrected chi connectivity index (χ2v) is 15.3.